The molecular weight excluding hydrogens is 229 g/mol. The minimum atomic E-state index is -1.72. The Morgan fingerprint density at radius 3 is 1.00 bits per heavy atom. The fourth-order valence-electron chi connectivity index (χ4n) is 0. The predicted octanol–water partition coefficient (Wildman–Crippen LogP) is 0.769. The van der Waals surface area contributed by atoms with Crippen LogP contribution in [0.15, 0.2) is 0 Å². The van der Waals surface area contributed by atoms with E-state index in [0.29, 0.717) is 0 Å². The van der Waals surface area contributed by atoms with Crippen molar-refractivity contribution in [3.63, 3.8) is 0 Å². The second kappa shape index (κ2) is 11.0. The summed E-state index contributed by atoms with van der Waals surface area (Å²) in [5.74, 6) is 0. The maximum Gasteiger partial charge on any atom is 0.643 e. The molecule has 0 heterocycles. The first-order valence-electron chi connectivity index (χ1n) is 0.655. The fraction of sp³-hybridized carbons (Fsp3) is 0. The summed E-state index contributed by atoms with van der Waals surface area (Å²) in [5.41, 5.74) is 0. The van der Waals surface area contributed by atoms with Crippen molar-refractivity contribution in [2.24, 2.45) is 0 Å². The molecule has 0 aromatic heterocycles. The van der Waals surface area contributed by atoms with Gasteiger partial charge in [-0.25, -0.2) is 30.1 Å². The molecule has 0 nitrogen and oxygen atoms in total. The van der Waals surface area contributed by atoms with Gasteiger partial charge in [0.05, 0.1) is 0 Å². The summed E-state index contributed by atoms with van der Waals surface area (Å²) in [5, 5.41) is 0. The minimum absolute atomic E-state index is 0. The van der Waals surface area contributed by atoms with Crippen LogP contribution in [0.4, 0.5) is 0 Å². The van der Waals surface area contributed by atoms with E-state index in [2.05, 4.69) is 0 Å². The Bertz CT molecular complexity index is 15.5. The summed E-state index contributed by atoms with van der Waals surface area (Å²) in [7, 11) is 14.8. The van der Waals surface area contributed by atoms with E-state index < -0.39 is 11.4 Å². The van der Waals surface area contributed by atoms with Gasteiger partial charge in [0.25, 0.3) is 0 Å². The van der Waals surface area contributed by atoms with Crippen LogP contribution in [-0.4, -0.2) is 49.1 Å². The zero-order chi connectivity index (χ0) is 3.58. The molecule has 0 spiro atoms. The molecule has 0 amide bonds. The quantitative estimate of drug-likeness (QED) is 0.540. The fourth-order valence-corrected chi connectivity index (χ4v) is 0. The van der Waals surface area contributed by atoms with Gasteiger partial charge in [-0.15, -0.1) is 0 Å². The molecule has 0 bridgehead atoms. The van der Waals surface area contributed by atoms with Gasteiger partial charge >= 0.3 is 49.1 Å². The SMILES string of the molecule is [CaH2].[Cl][Al]([Cl])[Cl].[Fe]. The Morgan fingerprint density at radius 2 is 1.00 bits per heavy atom. The standard InChI is InChI=1S/Al.Ca.3ClH.Fe.2H/h;;3*1H;;;/q+3;;;;;;;/p-3. The summed E-state index contributed by atoms with van der Waals surface area (Å²) in [6.07, 6.45) is 0. The van der Waals surface area contributed by atoms with Crippen molar-refractivity contribution < 1.29 is 17.1 Å². The summed E-state index contributed by atoms with van der Waals surface area (Å²) < 4.78 is 0. The van der Waals surface area contributed by atoms with Crippen LogP contribution >= 0.6 is 30.1 Å². The zero-order valence-corrected chi connectivity index (χ0v) is 6.59. The van der Waals surface area contributed by atoms with Gasteiger partial charge in [-0.2, -0.15) is 0 Å². The average molecular weight is 231 g/mol. The van der Waals surface area contributed by atoms with Crippen LogP contribution in [0.2, 0.25) is 0 Å². The third-order valence-electron chi connectivity index (χ3n) is 0. The Balaban J connectivity index is -0.0000000450. The van der Waals surface area contributed by atoms with Crippen LogP contribution in [-0.2, 0) is 17.1 Å². The van der Waals surface area contributed by atoms with E-state index in [1.54, 1.807) is 0 Å². The second-order valence-corrected chi connectivity index (χ2v) is 6.68. The van der Waals surface area contributed by atoms with E-state index in [-0.39, 0.29) is 54.8 Å². The molecule has 0 aliphatic rings. The molecule has 0 atom stereocenters. The first-order valence-corrected chi connectivity index (χ1v) is 5.89. The Morgan fingerprint density at radius 1 is 1.00 bits per heavy atom. The van der Waals surface area contributed by atoms with Crippen molar-refractivity contribution >= 4 is 79.3 Å². The van der Waals surface area contributed by atoms with E-state index in [1.807, 2.05) is 0 Å². The molecule has 0 aliphatic carbocycles. The van der Waals surface area contributed by atoms with Crippen molar-refractivity contribution in [3.8, 4) is 0 Å². The molecule has 0 unspecified atom stereocenters. The van der Waals surface area contributed by atoms with Crippen LogP contribution in [0, 0.1) is 0 Å². The van der Waals surface area contributed by atoms with Crippen molar-refractivity contribution in [2.75, 3.05) is 0 Å². The van der Waals surface area contributed by atoms with Gasteiger partial charge in [0, 0.05) is 17.1 Å². The third kappa shape index (κ3) is 27.1. The predicted molar refractivity (Wildman–Crippen MR) is 31.9 cm³/mol. The summed E-state index contributed by atoms with van der Waals surface area (Å²) in [6.45, 7) is 0. The largest absolute Gasteiger partial charge is 0.643 e. The Kier molecular flexibility index (Phi) is 29.6. The van der Waals surface area contributed by atoms with E-state index in [4.69, 9.17) is 30.1 Å². The molecule has 0 saturated carbocycles. The summed E-state index contributed by atoms with van der Waals surface area (Å²) in [6, 6.07) is 0. The maximum atomic E-state index is 4.94. The van der Waals surface area contributed by atoms with Gasteiger partial charge in [0.1, 0.15) is 0 Å². The molecule has 6 heteroatoms. The summed E-state index contributed by atoms with van der Waals surface area (Å²) in [4.78, 5) is 0. The van der Waals surface area contributed by atoms with Crippen LogP contribution in [0.3, 0.4) is 0 Å². The first-order chi connectivity index (χ1) is 1.73. The molecule has 0 aliphatic heterocycles. The number of rotatable bonds is 0. The van der Waals surface area contributed by atoms with E-state index in [0.717, 1.165) is 0 Å². The molecule has 0 radical (unpaired) electrons. The van der Waals surface area contributed by atoms with Gasteiger partial charge in [0.15, 0.2) is 0 Å². The number of halogens is 3. The second-order valence-electron chi connectivity index (χ2n) is 0.247. The molecule has 0 N–H and O–H groups in total. The molecule has 0 rings (SSSR count). The topological polar surface area (TPSA) is 0 Å². The van der Waals surface area contributed by atoms with Crippen molar-refractivity contribution in [2.45, 2.75) is 0 Å². The zero-order valence-electron chi connectivity index (χ0n) is 2.06. The van der Waals surface area contributed by atoms with Gasteiger partial charge in [-0.3, -0.25) is 0 Å². The van der Waals surface area contributed by atoms with Crippen LogP contribution in [0.5, 0.6) is 0 Å². The van der Waals surface area contributed by atoms with Gasteiger partial charge in [-0.05, 0) is 0 Å². The molecule has 0 saturated heterocycles. The van der Waals surface area contributed by atoms with E-state index >= 15 is 0 Å². The third-order valence-corrected chi connectivity index (χ3v) is 0. The molecule has 0 aromatic carbocycles. The van der Waals surface area contributed by atoms with Crippen LogP contribution in [0.1, 0.15) is 0 Å². The van der Waals surface area contributed by atoms with Gasteiger partial charge < -0.3 is 0 Å². The van der Waals surface area contributed by atoms with E-state index in [9.17, 15) is 0 Å². The molecule has 6 heavy (non-hydrogen) atoms. The molecule has 0 fully saturated rings. The first kappa shape index (κ1) is 16.1. The van der Waals surface area contributed by atoms with Crippen LogP contribution < -0.4 is 0 Å². The van der Waals surface area contributed by atoms with Gasteiger partial charge in [0.2, 0.25) is 0 Å². The smallest absolute Gasteiger partial charge is 0.214 e. The monoisotopic (exact) mass is 230 g/mol. The maximum absolute atomic E-state index is 4.94. The Hall–Kier alpha value is 3.18. The van der Waals surface area contributed by atoms with Crippen LogP contribution in [0.25, 0.3) is 0 Å². The number of hydrogen-bond acceptors (Lipinski definition) is 0. The van der Waals surface area contributed by atoms with Crippen molar-refractivity contribution in [3.05, 3.63) is 0 Å². The normalized spacial score (nSPS) is 4.50. The molecular formula is H2AlCaCl3Fe. The van der Waals surface area contributed by atoms with Crippen molar-refractivity contribution in [1.29, 1.82) is 0 Å². The molecule has 0 aromatic rings. The Labute approximate surface area is 94.4 Å². The van der Waals surface area contributed by atoms with E-state index in [1.165, 1.54) is 0 Å². The average Bonchev–Trinajstić information content (AvgIpc) is 0.811. The van der Waals surface area contributed by atoms with Crippen molar-refractivity contribution in [1.82, 2.24) is 0 Å². The number of hydrogen-bond donors (Lipinski definition) is 0. The molecule has 36 valence electrons. The minimum Gasteiger partial charge on any atom is -0.214 e. The summed E-state index contributed by atoms with van der Waals surface area (Å²) >= 11 is -1.72. The van der Waals surface area contributed by atoms with Gasteiger partial charge in [-0.1, -0.05) is 0 Å².